The molecule has 0 saturated carbocycles. The molecule has 0 spiro atoms. The van der Waals surface area contributed by atoms with Gasteiger partial charge in [0.15, 0.2) is 0 Å². The monoisotopic (exact) mass is 572 g/mol. The molecule has 1 aliphatic heterocycles. The van der Waals surface area contributed by atoms with E-state index in [0.29, 0.717) is 26.1 Å². The van der Waals surface area contributed by atoms with E-state index in [1.54, 1.807) is 6.07 Å². The predicted molar refractivity (Wildman–Crippen MR) is 140 cm³/mol. The first-order valence-electron chi connectivity index (χ1n) is 11.6. The minimum atomic E-state index is -2.69. The molecule has 39 heavy (non-hydrogen) atoms. The summed E-state index contributed by atoms with van der Waals surface area (Å²) in [5.41, 5.74) is 7.20. The number of nitrogens with zero attached hydrogens (tertiary/aromatic N) is 2. The van der Waals surface area contributed by atoms with Crippen molar-refractivity contribution >= 4 is 55.7 Å². The lowest BCUT2D eigenvalue weighted by atomic mass is 9.89. The largest absolute Gasteiger partial charge is 0.366 e. The van der Waals surface area contributed by atoms with Crippen molar-refractivity contribution in [3.8, 4) is 10.4 Å². The minimum Gasteiger partial charge on any atom is -0.366 e. The van der Waals surface area contributed by atoms with Gasteiger partial charge in [0.1, 0.15) is 17.2 Å². The van der Waals surface area contributed by atoms with E-state index >= 15 is 0 Å². The normalized spacial score (nSPS) is 14.9. The molecular formula is C27H17ClF4N4O2S. The van der Waals surface area contributed by atoms with Crippen molar-refractivity contribution in [1.29, 1.82) is 0 Å². The molecule has 2 amide bonds. The Hall–Kier alpha value is -3.96. The number of rotatable bonds is 5. The first kappa shape index (κ1) is 25.3. The fourth-order valence-corrected chi connectivity index (χ4v) is 6.74. The van der Waals surface area contributed by atoms with Crippen LogP contribution in [0.3, 0.4) is 0 Å². The lowest BCUT2D eigenvalue weighted by Crippen LogP contribution is -2.20. The van der Waals surface area contributed by atoms with E-state index < -0.39 is 42.3 Å². The lowest BCUT2D eigenvalue weighted by molar-refractivity contribution is 0.0960. The second-order valence-electron chi connectivity index (χ2n) is 9.16. The number of primary amides is 1. The molecule has 3 heterocycles. The number of carbonyl (C=O) groups is 2. The molecule has 0 radical (unpaired) electrons. The van der Waals surface area contributed by atoms with Gasteiger partial charge in [-0.15, -0.1) is 11.3 Å². The highest BCUT2D eigenvalue weighted by Gasteiger charge is 2.38. The summed E-state index contributed by atoms with van der Waals surface area (Å²) in [6.07, 6.45) is -3.33. The van der Waals surface area contributed by atoms with Crippen LogP contribution in [-0.2, 0) is 13.5 Å². The van der Waals surface area contributed by atoms with Crippen LogP contribution in [0.4, 0.5) is 17.6 Å². The van der Waals surface area contributed by atoms with Crippen molar-refractivity contribution < 1.29 is 27.2 Å². The van der Waals surface area contributed by atoms with Gasteiger partial charge in [0.25, 0.3) is 11.8 Å². The highest BCUT2D eigenvalue weighted by molar-refractivity contribution is 7.22. The van der Waals surface area contributed by atoms with Gasteiger partial charge in [0, 0.05) is 43.5 Å². The van der Waals surface area contributed by atoms with Crippen molar-refractivity contribution in [3.63, 3.8) is 0 Å². The third kappa shape index (κ3) is 3.95. The number of alkyl halides is 2. The maximum Gasteiger partial charge on any atom is 0.254 e. The molecule has 0 fully saturated rings. The Morgan fingerprint density at radius 3 is 2.59 bits per heavy atom. The summed E-state index contributed by atoms with van der Waals surface area (Å²) >= 11 is 7.49. The van der Waals surface area contributed by atoms with Crippen molar-refractivity contribution in [3.05, 3.63) is 87.1 Å². The number of hydrogen-bond donors (Lipinski definition) is 2. The number of nitrogens with two attached hydrogens (primary N) is 1. The average molecular weight is 573 g/mol. The van der Waals surface area contributed by atoms with Crippen LogP contribution in [0.5, 0.6) is 0 Å². The Labute approximate surface area is 227 Å². The van der Waals surface area contributed by atoms with E-state index in [1.165, 1.54) is 48.1 Å². The van der Waals surface area contributed by atoms with E-state index in [0.717, 1.165) is 11.3 Å². The van der Waals surface area contributed by atoms with Crippen LogP contribution in [0.15, 0.2) is 42.5 Å². The first-order valence-corrected chi connectivity index (χ1v) is 12.8. The van der Waals surface area contributed by atoms with Crippen LogP contribution < -0.4 is 11.1 Å². The number of aryl methyl sites for hydroxylation is 1. The third-order valence-corrected chi connectivity index (χ3v) is 8.37. The lowest BCUT2D eigenvalue weighted by Gasteiger charge is -2.18. The van der Waals surface area contributed by atoms with Crippen molar-refractivity contribution in [1.82, 2.24) is 15.1 Å². The van der Waals surface area contributed by atoms with E-state index in [2.05, 4.69) is 10.4 Å². The van der Waals surface area contributed by atoms with Gasteiger partial charge in [-0.2, -0.15) is 5.10 Å². The topological polar surface area (TPSA) is 90.0 Å². The van der Waals surface area contributed by atoms with E-state index in [9.17, 15) is 27.2 Å². The van der Waals surface area contributed by atoms with Crippen molar-refractivity contribution in [2.24, 2.45) is 12.8 Å². The van der Waals surface area contributed by atoms with Gasteiger partial charge in [-0.3, -0.25) is 14.3 Å². The Balaban J connectivity index is 1.76. The molecule has 0 bridgehead atoms. The van der Waals surface area contributed by atoms with E-state index in [1.807, 2.05) is 0 Å². The molecule has 5 aromatic rings. The Bertz CT molecular complexity index is 1870. The molecule has 3 N–H and O–H groups in total. The molecule has 0 saturated heterocycles. The SMILES string of the molecule is Cn1nc2c3c(c(-c4sc5cc(F)ccc5c4C(N)=O)cc2c1CC(F)F)C(c1cc(F)ccc1Cl)NC3=O. The number of thiophene rings is 1. The van der Waals surface area contributed by atoms with Crippen LogP contribution in [0, 0.1) is 11.6 Å². The summed E-state index contributed by atoms with van der Waals surface area (Å²) in [6, 6.07) is 8.21. The number of amides is 2. The number of benzene rings is 3. The van der Waals surface area contributed by atoms with Crippen molar-refractivity contribution in [2.75, 3.05) is 0 Å². The summed E-state index contributed by atoms with van der Waals surface area (Å²) in [5, 5.41) is 8.04. The second kappa shape index (κ2) is 9.06. The Kier molecular flexibility index (Phi) is 5.88. The molecule has 2 aromatic heterocycles. The predicted octanol–water partition coefficient (Wildman–Crippen LogP) is 6.13. The summed E-state index contributed by atoms with van der Waals surface area (Å²) in [6.45, 7) is 0. The van der Waals surface area contributed by atoms with Gasteiger partial charge in [-0.05, 0) is 48.0 Å². The van der Waals surface area contributed by atoms with Gasteiger partial charge in [0.2, 0.25) is 6.43 Å². The molecule has 6 rings (SSSR count). The Morgan fingerprint density at radius 1 is 1.15 bits per heavy atom. The number of aromatic nitrogens is 2. The maximum atomic E-state index is 14.3. The van der Waals surface area contributed by atoms with Gasteiger partial charge in [0.05, 0.1) is 29.3 Å². The van der Waals surface area contributed by atoms with Gasteiger partial charge >= 0.3 is 0 Å². The zero-order chi connectivity index (χ0) is 27.7. The van der Waals surface area contributed by atoms with Gasteiger partial charge < -0.3 is 11.1 Å². The minimum absolute atomic E-state index is 0.0827. The summed E-state index contributed by atoms with van der Waals surface area (Å²) in [5.74, 6) is -2.49. The Morgan fingerprint density at radius 2 is 1.87 bits per heavy atom. The highest BCUT2D eigenvalue weighted by atomic mass is 35.5. The smallest absolute Gasteiger partial charge is 0.254 e. The molecular weight excluding hydrogens is 556 g/mol. The fraction of sp³-hybridized carbons (Fsp3) is 0.148. The summed E-state index contributed by atoms with van der Waals surface area (Å²) in [4.78, 5) is 26.5. The molecule has 1 unspecified atom stereocenters. The van der Waals surface area contributed by atoms with Crippen LogP contribution >= 0.6 is 22.9 Å². The molecule has 198 valence electrons. The molecule has 1 aliphatic rings. The molecule has 1 atom stereocenters. The zero-order valence-electron chi connectivity index (χ0n) is 20.0. The first-order chi connectivity index (χ1) is 18.5. The third-order valence-electron chi connectivity index (χ3n) is 6.84. The summed E-state index contributed by atoms with van der Waals surface area (Å²) < 4.78 is 57.2. The molecule has 0 aliphatic carbocycles. The fourth-order valence-electron chi connectivity index (χ4n) is 5.25. The average Bonchev–Trinajstić information content (AvgIpc) is 3.51. The van der Waals surface area contributed by atoms with E-state index in [-0.39, 0.29) is 38.3 Å². The molecule has 12 heteroatoms. The van der Waals surface area contributed by atoms with Gasteiger partial charge in [-0.25, -0.2) is 17.6 Å². The number of halogens is 5. The van der Waals surface area contributed by atoms with Gasteiger partial charge in [-0.1, -0.05) is 11.6 Å². The highest BCUT2D eigenvalue weighted by Crippen LogP contribution is 2.48. The summed E-state index contributed by atoms with van der Waals surface area (Å²) in [7, 11) is 1.49. The van der Waals surface area contributed by atoms with Crippen LogP contribution in [-0.4, -0.2) is 28.0 Å². The standard InChI is InChI=1S/C27H17ClF4N4O2S/c1-36-17(9-19(31)32)14-8-15(25-21(26(33)37)12-4-2-11(30)7-18(12)39-25)20-22(24(14)35-36)27(38)34-23(20)13-6-10(29)3-5-16(13)28/h2-8,19,23H,9H2,1H3,(H2,33,37)(H,34,38). The molecule has 6 nitrogen and oxygen atoms in total. The molecule has 3 aromatic carbocycles. The maximum absolute atomic E-state index is 14.3. The van der Waals surface area contributed by atoms with Crippen LogP contribution in [0.2, 0.25) is 5.02 Å². The zero-order valence-corrected chi connectivity index (χ0v) is 21.6. The van der Waals surface area contributed by atoms with Crippen LogP contribution in [0.25, 0.3) is 31.4 Å². The number of nitrogens with one attached hydrogen (secondary N) is 1. The van der Waals surface area contributed by atoms with E-state index in [4.69, 9.17) is 17.3 Å². The van der Waals surface area contributed by atoms with Crippen molar-refractivity contribution in [2.45, 2.75) is 18.9 Å². The second-order valence-corrected chi connectivity index (χ2v) is 10.6. The quantitative estimate of drug-likeness (QED) is 0.248. The van der Waals surface area contributed by atoms with Crippen LogP contribution in [0.1, 0.15) is 43.6 Å². The number of fused-ring (bicyclic) bond motifs is 4. The number of carbonyl (C=O) groups excluding carboxylic acids is 2. The number of hydrogen-bond acceptors (Lipinski definition) is 4.